The van der Waals surface area contributed by atoms with Gasteiger partial charge < -0.3 is 5.11 Å². The molecule has 2 heterocycles. The van der Waals surface area contributed by atoms with Crippen LogP contribution in [0.1, 0.15) is 32.1 Å². The number of nitrogens with zero attached hydrogens (tertiary/aromatic N) is 2. The van der Waals surface area contributed by atoms with E-state index in [1.54, 1.807) is 4.90 Å². The summed E-state index contributed by atoms with van der Waals surface area (Å²) in [6, 6.07) is 1.33. The van der Waals surface area contributed by atoms with Crippen molar-refractivity contribution in [3.05, 3.63) is 0 Å². The van der Waals surface area contributed by atoms with Gasteiger partial charge in [-0.15, -0.1) is 0 Å². The molecule has 0 spiro atoms. The van der Waals surface area contributed by atoms with Crippen molar-refractivity contribution < 1.29 is 23.1 Å². The van der Waals surface area contributed by atoms with Gasteiger partial charge in [-0.25, -0.2) is 0 Å². The minimum atomic E-state index is -4.49. The largest absolute Gasteiger partial charge is 0.481 e. The van der Waals surface area contributed by atoms with Crippen molar-refractivity contribution in [3.8, 4) is 6.07 Å². The number of aliphatic carboxylic acids is 1. The zero-order valence-electron chi connectivity index (χ0n) is 10.9. The van der Waals surface area contributed by atoms with Gasteiger partial charge in [0.15, 0.2) is 5.92 Å². The van der Waals surface area contributed by atoms with Gasteiger partial charge in [0.05, 0.1) is 6.07 Å². The number of nitriles is 1. The van der Waals surface area contributed by atoms with Crippen LogP contribution in [-0.4, -0.2) is 40.8 Å². The fraction of sp³-hybridized carbons (Fsp3) is 0.846. The van der Waals surface area contributed by atoms with Gasteiger partial charge in [0.25, 0.3) is 0 Å². The van der Waals surface area contributed by atoms with E-state index < -0.39 is 18.1 Å². The highest BCUT2D eigenvalue weighted by atomic mass is 19.4. The van der Waals surface area contributed by atoms with Gasteiger partial charge >= 0.3 is 12.1 Å². The lowest BCUT2D eigenvalue weighted by molar-refractivity contribution is -0.166. The topological polar surface area (TPSA) is 64.3 Å². The van der Waals surface area contributed by atoms with Crippen molar-refractivity contribution in [1.29, 1.82) is 5.26 Å². The Morgan fingerprint density at radius 3 is 2.30 bits per heavy atom. The Balaban J connectivity index is 1.99. The van der Waals surface area contributed by atoms with Crippen molar-refractivity contribution in [3.63, 3.8) is 0 Å². The van der Waals surface area contributed by atoms with E-state index in [-0.39, 0.29) is 31.0 Å². The molecule has 1 N–H and O–H groups in total. The maximum absolute atomic E-state index is 12.7. The number of carbonyl (C=O) groups is 1. The second-order valence-corrected chi connectivity index (χ2v) is 5.74. The number of carboxylic acid groups (broad SMARTS) is 1. The third-order valence-electron chi connectivity index (χ3n) is 4.39. The molecular weight excluding hydrogens is 273 g/mol. The molecule has 0 aromatic rings. The molecule has 3 unspecified atom stereocenters. The van der Waals surface area contributed by atoms with Crippen LogP contribution in [0.4, 0.5) is 13.2 Å². The molecule has 20 heavy (non-hydrogen) atoms. The number of halogens is 3. The first-order chi connectivity index (χ1) is 9.31. The first-order valence-electron chi connectivity index (χ1n) is 6.75. The molecule has 0 aromatic carbocycles. The van der Waals surface area contributed by atoms with E-state index in [9.17, 15) is 18.0 Å². The number of fused-ring (bicyclic) bond motifs is 2. The fourth-order valence-electron chi connectivity index (χ4n) is 3.53. The predicted molar refractivity (Wildman–Crippen MR) is 63.7 cm³/mol. The normalized spacial score (nSPS) is 31.8. The lowest BCUT2D eigenvalue weighted by Crippen LogP contribution is -2.47. The number of piperidine rings is 1. The van der Waals surface area contributed by atoms with Gasteiger partial charge in [-0.05, 0) is 31.6 Å². The third-order valence-corrected chi connectivity index (χ3v) is 4.39. The summed E-state index contributed by atoms with van der Waals surface area (Å²) < 4.78 is 38.0. The highest BCUT2D eigenvalue weighted by molar-refractivity contribution is 5.67. The zero-order valence-corrected chi connectivity index (χ0v) is 10.9. The number of carboxylic acids is 1. The van der Waals surface area contributed by atoms with Crippen molar-refractivity contribution in [1.82, 2.24) is 4.90 Å². The van der Waals surface area contributed by atoms with Crippen LogP contribution in [0, 0.1) is 23.2 Å². The van der Waals surface area contributed by atoms with E-state index in [0.717, 1.165) is 12.8 Å². The minimum absolute atomic E-state index is 0.00343. The molecule has 2 fully saturated rings. The lowest BCUT2D eigenvalue weighted by atomic mass is 9.87. The molecule has 3 atom stereocenters. The summed E-state index contributed by atoms with van der Waals surface area (Å²) in [7, 11) is 0. The van der Waals surface area contributed by atoms with E-state index >= 15 is 0 Å². The van der Waals surface area contributed by atoms with Gasteiger partial charge in [-0.3, -0.25) is 9.69 Å². The second-order valence-electron chi connectivity index (χ2n) is 5.74. The van der Waals surface area contributed by atoms with Crippen molar-refractivity contribution in [2.75, 3.05) is 6.54 Å². The summed E-state index contributed by atoms with van der Waals surface area (Å²) in [4.78, 5) is 12.5. The molecule has 7 heteroatoms. The van der Waals surface area contributed by atoms with E-state index in [0.29, 0.717) is 12.8 Å². The van der Waals surface area contributed by atoms with Crippen molar-refractivity contribution >= 4 is 5.97 Å². The van der Waals surface area contributed by atoms with E-state index in [1.807, 2.05) is 0 Å². The molecule has 2 aliphatic rings. The van der Waals surface area contributed by atoms with E-state index in [2.05, 4.69) is 0 Å². The van der Waals surface area contributed by atoms with Crippen LogP contribution in [0.5, 0.6) is 0 Å². The monoisotopic (exact) mass is 290 g/mol. The summed E-state index contributed by atoms with van der Waals surface area (Å²) >= 11 is 0. The number of alkyl halides is 3. The molecule has 2 saturated heterocycles. The number of rotatable bonds is 4. The molecule has 0 radical (unpaired) electrons. The maximum Gasteiger partial charge on any atom is 0.405 e. The molecule has 2 rings (SSSR count). The first-order valence-corrected chi connectivity index (χ1v) is 6.75. The molecule has 4 nitrogen and oxygen atoms in total. The van der Waals surface area contributed by atoms with Crippen LogP contribution in [-0.2, 0) is 4.79 Å². The average molecular weight is 290 g/mol. The fourth-order valence-corrected chi connectivity index (χ4v) is 3.53. The zero-order chi connectivity index (χ0) is 14.9. The van der Waals surface area contributed by atoms with Gasteiger partial charge in [0, 0.05) is 25.0 Å². The Bertz CT molecular complexity index is 405. The smallest absolute Gasteiger partial charge is 0.405 e. The van der Waals surface area contributed by atoms with Gasteiger partial charge in [0.2, 0.25) is 0 Å². The van der Waals surface area contributed by atoms with E-state index in [1.165, 1.54) is 6.07 Å². The first kappa shape index (κ1) is 15.1. The van der Waals surface area contributed by atoms with Crippen LogP contribution in [0.15, 0.2) is 0 Å². The highest BCUT2D eigenvalue weighted by Crippen LogP contribution is 2.41. The average Bonchev–Trinajstić information content (AvgIpc) is 2.55. The Morgan fingerprint density at radius 2 is 1.90 bits per heavy atom. The van der Waals surface area contributed by atoms with Gasteiger partial charge in [-0.1, -0.05) is 0 Å². The molecule has 0 amide bonds. The molecular formula is C13H17F3N2O2. The second kappa shape index (κ2) is 5.60. The Labute approximate surface area is 115 Å². The van der Waals surface area contributed by atoms with Crippen LogP contribution in [0.3, 0.4) is 0 Å². The van der Waals surface area contributed by atoms with Crippen LogP contribution in [0.25, 0.3) is 0 Å². The molecule has 2 bridgehead atoms. The predicted octanol–water partition coefficient (Wildman–Crippen LogP) is 2.41. The molecule has 0 aliphatic carbocycles. The van der Waals surface area contributed by atoms with Crippen LogP contribution >= 0.6 is 0 Å². The summed E-state index contributed by atoms with van der Waals surface area (Å²) in [5, 5.41) is 17.5. The van der Waals surface area contributed by atoms with Crippen molar-refractivity contribution in [2.45, 2.75) is 50.4 Å². The van der Waals surface area contributed by atoms with Gasteiger partial charge in [-0.2, -0.15) is 18.4 Å². The summed E-state index contributed by atoms with van der Waals surface area (Å²) in [5.41, 5.74) is 0. The number of hydrogen-bond acceptors (Lipinski definition) is 3. The van der Waals surface area contributed by atoms with Crippen molar-refractivity contribution in [2.24, 2.45) is 11.8 Å². The summed E-state index contributed by atoms with van der Waals surface area (Å²) in [6.07, 6.45) is -1.56. The minimum Gasteiger partial charge on any atom is -0.481 e. The SMILES string of the molecule is N#CC(CN1C2CCC1CC(CC(=O)O)C2)C(F)(F)F. The Morgan fingerprint density at radius 1 is 1.35 bits per heavy atom. The third kappa shape index (κ3) is 3.23. The molecule has 2 aliphatic heterocycles. The van der Waals surface area contributed by atoms with Gasteiger partial charge in [0.1, 0.15) is 0 Å². The molecule has 0 saturated carbocycles. The Kier molecular flexibility index (Phi) is 4.23. The molecule has 112 valence electrons. The van der Waals surface area contributed by atoms with Crippen LogP contribution in [0.2, 0.25) is 0 Å². The summed E-state index contributed by atoms with van der Waals surface area (Å²) in [6.45, 7) is -0.283. The Hall–Kier alpha value is -1.29. The number of hydrogen-bond donors (Lipinski definition) is 1. The molecule has 0 aromatic heterocycles. The highest BCUT2D eigenvalue weighted by Gasteiger charge is 2.47. The lowest BCUT2D eigenvalue weighted by Gasteiger charge is -2.39. The summed E-state index contributed by atoms with van der Waals surface area (Å²) in [5.74, 6) is -2.76. The maximum atomic E-state index is 12.7. The quantitative estimate of drug-likeness (QED) is 0.863. The van der Waals surface area contributed by atoms with E-state index in [4.69, 9.17) is 10.4 Å². The van der Waals surface area contributed by atoms with Crippen LogP contribution < -0.4 is 0 Å². The standard InChI is InChI=1S/C13H17F3N2O2/c14-13(15,16)9(6-17)7-18-10-1-2-11(18)4-8(3-10)5-12(19)20/h8-11H,1-5,7H2,(H,19,20).